The standard InChI is InChI=1S/C12H16BrF/c1-2-3-7-10-12(13,14)11-8-5-4-6-9-11/h4-6,8-9H,2-3,7,10H2,1H3. The van der Waals surface area contributed by atoms with Crippen LogP contribution in [0.1, 0.15) is 38.2 Å². The summed E-state index contributed by atoms with van der Waals surface area (Å²) in [5.74, 6) is 0. The van der Waals surface area contributed by atoms with Gasteiger partial charge in [-0.05, 0) is 34.3 Å². The van der Waals surface area contributed by atoms with Crippen molar-refractivity contribution in [3.05, 3.63) is 35.9 Å². The maximum absolute atomic E-state index is 14.1. The highest BCUT2D eigenvalue weighted by molar-refractivity contribution is 9.09. The topological polar surface area (TPSA) is 0 Å². The molecule has 0 heterocycles. The molecule has 0 nitrogen and oxygen atoms in total. The van der Waals surface area contributed by atoms with Crippen molar-refractivity contribution in [1.82, 2.24) is 0 Å². The Bertz CT molecular complexity index is 256. The summed E-state index contributed by atoms with van der Waals surface area (Å²) in [5.41, 5.74) is 0.719. The average molecular weight is 259 g/mol. The van der Waals surface area contributed by atoms with Gasteiger partial charge in [-0.1, -0.05) is 50.1 Å². The molecule has 78 valence electrons. The first-order valence-corrected chi connectivity index (χ1v) is 5.89. The van der Waals surface area contributed by atoms with Crippen LogP contribution in [-0.2, 0) is 4.58 Å². The zero-order valence-electron chi connectivity index (χ0n) is 8.47. The van der Waals surface area contributed by atoms with Gasteiger partial charge in [-0.15, -0.1) is 0 Å². The lowest BCUT2D eigenvalue weighted by atomic mass is 10.0. The van der Waals surface area contributed by atoms with Gasteiger partial charge in [0, 0.05) is 0 Å². The molecule has 0 radical (unpaired) electrons. The smallest absolute Gasteiger partial charge is 0.190 e. The summed E-state index contributed by atoms with van der Waals surface area (Å²) in [6.07, 6.45) is 3.68. The van der Waals surface area contributed by atoms with Gasteiger partial charge in [0.25, 0.3) is 0 Å². The highest BCUT2D eigenvalue weighted by Crippen LogP contribution is 2.37. The van der Waals surface area contributed by atoms with Crippen molar-refractivity contribution in [2.75, 3.05) is 0 Å². The lowest BCUT2D eigenvalue weighted by Crippen LogP contribution is -2.10. The summed E-state index contributed by atoms with van der Waals surface area (Å²) >= 11 is 3.15. The van der Waals surface area contributed by atoms with Crippen LogP contribution in [-0.4, -0.2) is 0 Å². The van der Waals surface area contributed by atoms with Crippen LogP contribution in [0.4, 0.5) is 4.39 Å². The Labute approximate surface area is 93.7 Å². The molecule has 2 heteroatoms. The third-order valence-electron chi connectivity index (χ3n) is 2.29. The van der Waals surface area contributed by atoms with E-state index in [1.54, 1.807) is 0 Å². The van der Waals surface area contributed by atoms with Crippen molar-refractivity contribution < 1.29 is 4.39 Å². The summed E-state index contributed by atoms with van der Waals surface area (Å²) in [7, 11) is 0. The van der Waals surface area contributed by atoms with E-state index in [1.807, 2.05) is 30.3 Å². The van der Waals surface area contributed by atoms with E-state index in [0.717, 1.165) is 24.8 Å². The number of halogens is 2. The van der Waals surface area contributed by atoms with Crippen molar-refractivity contribution >= 4 is 15.9 Å². The third-order valence-corrected chi connectivity index (χ3v) is 3.14. The molecule has 0 saturated heterocycles. The van der Waals surface area contributed by atoms with Gasteiger partial charge in [0.1, 0.15) is 0 Å². The number of hydrogen-bond donors (Lipinski definition) is 0. The summed E-state index contributed by atoms with van der Waals surface area (Å²) < 4.78 is 12.7. The van der Waals surface area contributed by atoms with E-state index in [-0.39, 0.29) is 0 Å². The van der Waals surface area contributed by atoms with Gasteiger partial charge in [0.15, 0.2) is 4.58 Å². The van der Waals surface area contributed by atoms with Crippen LogP contribution in [0.3, 0.4) is 0 Å². The zero-order chi connectivity index (χ0) is 10.4. The summed E-state index contributed by atoms with van der Waals surface area (Å²) in [6, 6.07) is 9.27. The van der Waals surface area contributed by atoms with E-state index in [4.69, 9.17) is 0 Å². The fourth-order valence-electron chi connectivity index (χ4n) is 1.42. The number of hydrogen-bond acceptors (Lipinski definition) is 0. The number of unbranched alkanes of at least 4 members (excludes halogenated alkanes) is 2. The third kappa shape index (κ3) is 3.41. The fourth-order valence-corrected chi connectivity index (χ4v) is 1.97. The Morgan fingerprint density at radius 1 is 1.21 bits per heavy atom. The highest BCUT2D eigenvalue weighted by Gasteiger charge is 2.26. The second-order valence-electron chi connectivity index (χ2n) is 3.53. The van der Waals surface area contributed by atoms with Crippen molar-refractivity contribution in [2.24, 2.45) is 0 Å². The Hall–Kier alpha value is -0.370. The first-order valence-electron chi connectivity index (χ1n) is 5.10. The molecule has 1 aromatic carbocycles. The van der Waals surface area contributed by atoms with E-state index >= 15 is 0 Å². The van der Waals surface area contributed by atoms with Gasteiger partial charge in [-0.3, -0.25) is 0 Å². The Morgan fingerprint density at radius 2 is 1.86 bits per heavy atom. The van der Waals surface area contributed by atoms with E-state index in [1.165, 1.54) is 0 Å². The summed E-state index contributed by atoms with van der Waals surface area (Å²) in [6.45, 7) is 2.12. The molecule has 0 N–H and O–H groups in total. The molecule has 0 amide bonds. The summed E-state index contributed by atoms with van der Waals surface area (Å²) in [4.78, 5) is 0. The SMILES string of the molecule is CCCCCC(F)(Br)c1ccccc1. The number of benzene rings is 1. The molecule has 0 fully saturated rings. The second-order valence-corrected chi connectivity index (χ2v) is 4.78. The molecule has 1 rings (SSSR count). The maximum atomic E-state index is 14.1. The molecule has 0 saturated carbocycles. The lowest BCUT2D eigenvalue weighted by molar-refractivity contribution is 0.277. The lowest BCUT2D eigenvalue weighted by Gasteiger charge is -2.18. The average Bonchev–Trinajstić information content (AvgIpc) is 2.19. The molecule has 0 bridgehead atoms. The van der Waals surface area contributed by atoms with Crippen LogP contribution >= 0.6 is 15.9 Å². The molecular weight excluding hydrogens is 243 g/mol. The minimum absolute atomic E-state index is 0.546. The van der Waals surface area contributed by atoms with E-state index < -0.39 is 4.58 Å². The van der Waals surface area contributed by atoms with Gasteiger partial charge in [-0.25, -0.2) is 4.39 Å². The Kier molecular flexibility index (Phi) is 4.59. The molecule has 1 unspecified atom stereocenters. The van der Waals surface area contributed by atoms with E-state index in [2.05, 4.69) is 22.9 Å². The van der Waals surface area contributed by atoms with Gasteiger partial charge >= 0.3 is 0 Å². The molecule has 0 aliphatic heterocycles. The zero-order valence-corrected chi connectivity index (χ0v) is 10.1. The van der Waals surface area contributed by atoms with E-state index in [9.17, 15) is 4.39 Å². The van der Waals surface area contributed by atoms with Crippen LogP contribution < -0.4 is 0 Å². The number of alkyl halides is 2. The second kappa shape index (κ2) is 5.50. The molecule has 1 aromatic rings. The largest absolute Gasteiger partial charge is 0.226 e. The normalized spacial score (nSPS) is 15.1. The number of rotatable bonds is 5. The minimum atomic E-state index is -1.34. The van der Waals surface area contributed by atoms with Gasteiger partial charge < -0.3 is 0 Å². The molecule has 0 spiro atoms. The van der Waals surface area contributed by atoms with Crippen LogP contribution in [0, 0.1) is 0 Å². The van der Waals surface area contributed by atoms with Crippen LogP contribution in [0.5, 0.6) is 0 Å². The van der Waals surface area contributed by atoms with Crippen molar-refractivity contribution in [2.45, 2.75) is 37.2 Å². The van der Waals surface area contributed by atoms with Crippen LogP contribution in [0.2, 0.25) is 0 Å². The van der Waals surface area contributed by atoms with Gasteiger partial charge in [0.2, 0.25) is 0 Å². The highest BCUT2D eigenvalue weighted by atomic mass is 79.9. The minimum Gasteiger partial charge on any atom is -0.226 e. The predicted octanol–water partition coefficient (Wildman–Crippen LogP) is 4.78. The van der Waals surface area contributed by atoms with Crippen molar-refractivity contribution in [3.63, 3.8) is 0 Å². The molecule has 0 aliphatic carbocycles. The van der Waals surface area contributed by atoms with E-state index in [0.29, 0.717) is 6.42 Å². The quantitative estimate of drug-likeness (QED) is 0.527. The first kappa shape index (κ1) is 11.7. The molecule has 14 heavy (non-hydrogen) atoms. The molecule has 0 aliphatic rings. The monoisotopic (exact) mass is 258 g/mol. The summed E-state index contributed by atoms with van der Waals surface area (Å²) in [5, 5.41) is 0. The maximum Gasteiger partial charge on any atom is 0.190 e. The van der Waals surface area contributed by atoms with Crippen molar-refractivity contribution in [1.29, 1.82) is 0 Å². The van der Waals surface area contributed by atoms with Gasteiger partial charge in [0.05, 0.1) is 0 Å². The fraction of sp³-hybridized carbons (Fsp3) is 0.500. The molecular formula is C12H16BrF. The van der Waals surface area contributed by atoms with Gasteiger partial charge in [-0.2, -0.15) is 0 Å². The Balaban J connectivity index is 2.56. The molecule has 1 atom stereocenters. The predicted molar refractivity (Wildman–Crippen MR) is 62.3 cm³/mol. The van der Waals surface area contributed by atoms with Crippen LogP contribution in [0.15, 0.2) is 30.3 Å². The first-order chi connectivity index (χ1) is 6.67. The molecule has 0 aromatic heterocycles. The van der Waals surface area contributed by atoms with Crippen LogP contribution in [0.25, 0.3) is 0 Å². The Morgan fingerprint density at radius 3 is 2.43 bits per heavy atom. The van der Waals surface area contributed by atoms with Crippen molar-refractivity contribution in [3.8, 4) is 0 Å².